The largest absolute Gasteiger partial charge is 0.469 e. The predicted molar refractivity (Wildman–Crippen MR) is 86.1 cm³/mol. The van der Waals surface area contributed by atoms with Crippen molar-refractivity contribution in [3.8, 4) is 11.1 Å². The summed E-state index contributed by atoms with van der Waals surface area (Å²) in [7, 11) is 1.31. The Morgan fingerprint density at radius 2 is 1.78 bits per heavy atom. The van der Waals surface area contributed by atoms with E-state index in [0.29, 0.717) is 5.56 Å². The van der Waals surface area contributed by atoms with E-state index in [-0.39, 0.29) is 29.9 Å². The van der Waals surface area contributed by atoms with E-state index in [4.69, 9.17) is 0 Å². The maximum atomic E-state index is 12.1. The number of esters is 1. The number of hydrogen-bond acceptors (Lipinski definition) is 4. The van der Waals surface area contributed by atoms with Gasteiger partial charge in [-0.25, -0.2) is 0 Å². The number of nitrogens with one attached hydrogen (secondary N) is 2. The van der Waals surface area contributed by atoms with Gasteiger partial charge in [-0.15, -0.1) is 0 Å². The molecule has 0 aliphatic heterocycles. The van der Waals surface area contributed by atoms with Gasteiger partial charge in [0.25, 0.3) is 5.91 Å². The molecule has 0 unspecified atom stereocenters. The second-order valence-corrected chi connectivity index (χ2v) is 5.17. The third kappa shape index (κ3) is 4.54. The number of carbonyl (C=O) groups is 2. The molecule has 0 fully saturated rings. The Morgan fingerprint density at radius 3 is 2.35 bits per heavy atom. The van der Waals surface area contributed by atoms with Gasteiger partial charge in [-0.3, -0.25) is 14.4 Å². The number of aromatic nitrogens is 1. The van der Waals surface area contributed by atoms with Crippen LogP contribution in [0.4, 0.5) is 0 Å². The van der Waals surface area contributed by atoms with E-state index in [9.17, 15) is 14.4 Å². The van der Waals surface area contributed by atoms with Crippen molar-refractivity contribution >= 4 is 11.9 Å². The third-order valence-corrected chi connectivity index (χ3v) is 3.34. The number of ether oxygens (including phenoxy) is 1. The van der Waals surface area contributed by atoms with Crippen LogP contribution in [0, 0.1) is 0 Å². The lowest BCUT2D eigenvalue weighted by atomic mass is 10.1. The van der Waals surface area contributed by atoms with Gasteiger partial charge in [-0.2, -0.15) is 0 Å². The van der Waals surface area contributed by atoms with Gasteiger partial charge in [0.05, 0.1) is 13.5 Å². The van der Waals surface area contributed by atoms with Crippen LogP contribution in [0.1, 0.15) is 23.7 Å². The molecule has 0 saturated carbocycles. The van der Waals surface area contributed by atoms with E-state index in [0.717, 1.165) is 11.1 Å². The van der Waals surface area contributed by atoms with Crippen molar-refractivity contribution in [3.63, 3.8) is 0 Å². The number of benzene rings is 1. The normalized spacial score (nSPS) is 11.6. The van der Waals surface area contributed by atoms with Gasteiger partial charge >= 0.3 is 5.97 Å². The highest BCUT2D eigenvalue weighted by atomic mass is 16.5. The molecule has 2 N–H and O–H groups in total. The van der Waals surface area contributed by atoms with Gasteiger partial charge in [-0.1, -0.05) is 12.1 Å². The van der Waals surface area contributed by atoms with Crippen LogP contribution >= 0.6 is 0 Å². The molecule has 1 heterocycles. The minimum atomic E-state index is -0.369. The minimum absolute atomic E-state index is 0.123. The number of pyridine rings is 1. The Balaban J connectivity index is 2.04. The lowest BCUT2D eigenvalue weighted by Crippen LogP contribution is -2.34. The molecule has 1 amide bonds. The molecular weight excluding hydrogens is 296 g/mol. The summed E-state index contributed by atoms with van der Waals surface area (Å²) in [6.45, 7) is 1.74. The highest BCUT2D eigenvalue weighted by molar-refractivity contribution is 5.95. The maximum absolute atomic E-state index is 12.1. The topological polar surface area (TPSA) is 88.3 Å². The van der Waals surface area contributed by atoms with Crippen molar-refractivity contribution in [1.82, 2.24) is 10.3 Å². The van der Waals surface area contributed by atoms with Crippen LogP contribution in [0.2, 0.25) is 0 Å². The molecular formula is C17H18N2O4. The van der Waals surface area contributed by atoms with E-state index < -0.39 is 0 Å². The molecule has 0 bridgehead atoms. The summed E-state index contributed by atoms with van der Waals surface area (Å²) in [6.07, 6.45) is 1.74. The van der Waals surface area contributed by atoms with E-state index >= 15 is 0 Å². The van der Waals surface area contributed by atoms with Crippen molar-refractivity contribution in [2.75, 3.05) is 7.11 Å². The zero-order chi connectivity index (χ0) is 16.8. The number of hydrogen-bond donors (Lipinski definition) is 2. The summed E-state index contributed by atoms with van der Waals surface area (Å²) < 4.78 is 4.57. The van der Waals surface area contributed by atoms with Gasteiger partial charge in [0.1, 0.15) is 0 Å². The number of aromatic amines is 1. The molecule has 23 heavy (non-hydrogen) atoms. The Kier molecular flexibility index (Phi) is 5.30. The first-order valence-corrected chi connectivity index (χ1v) is 7.16. The molecule has 0 aliphatic carbocycles. The van der Waals surface area contributed by atoms with Crippen molar-refractivity contribution in [3.05, 3.63) is 58.5 Å². The average molecular weight is 314 g/mol. The molecule has 2 rings (SSSR count). The van der Waals surface area contributed by atoms with Gasteiger partial charge < -0.3 is 15.0 Å². The molecule has 0 aliphatic rings. The first kappa shape index (κ1) is 16.5. The third-order valence-electron chi connectivity index (χ3n) is 3.34. The maximum Gasteiger partial charge on any atom is 0.307 e. The number of rotatable bonds is 5. The number of H-pyrrole nitrogens is 1. The summed E-state index contributed by atoms with van der Waals surface area (Å²) in [5.74, 6) is -0.624. The Bertz CT molecular complexity index is 729. The fourth-order valence-electron chi connectivity index (χ4n) is 2.10. The van der Waals surface area contributed by atoms with Crippen LogP contribution in [0.3, 0.4) is 0 Å². The van der Waals surface area contributed by atoms with Gasteiger partial charge in [0.15, 0.2) is 0 Å². The van der Waals surface area contributed by atoms with Crippen LogP contribution in [0.25, 0.3) is 11.1 Å². The minimum Gasteiger partial charge on any atom is -0.469 e. The second-order valence-electron chi connectivity index (χ2n) is 5.17. The molecule has 0 saturated heterocycles. The molecule has 0 radical (unpaired) electrons. The van der Waals surface area contributed by atoms with Crippen molar-refractivity contribution < 1.29 is 14.3 Å². The lowest BCUT2D eigenvalue weighted by molar-refractivity contribution is -0.141. The molecule has 120 valence electrons. The van der Waals surface area contributed by atoms with Crippen LogP contribution in [0.5, 0.6) is 0 Å². The Morgan fingerprint density at radius 1 is 1.13 bits per heavy atom. The summed E-state index contributed by atoms with van der Waals surface area (Å²) in [5.41, 5.74) is 2.08. The smallest absolute Gasteiger partial charge is 0.307 e. The molecule has 2 aromatic rings. The van der Waals surface area contributed by atoms with Crippen LogP contribution in [0.15, 0.2) is 47.4 Å². The fourth-order valence-corrected chi connectivity index (χ4v) is 2.10. The van der Waals surface area contributed by atoms with Gasteiger partial charge in [-0.05, 0) is 36.2 Å². The highest BCUT2D eigenvalue weighted by Crippen LogP contribution is 2.17. The fraction of sp³-hybridized carbons (Fsp3) is 0.235. The molecule has 1 aromatic heterocycles. The van der Waals surface area contributed by atoms with E-state index in [1.54, 1.807) is 43.5 Å². The zero-order valence-electron chi connectivity index (χ0n) is 13.0. The monoisotopic (exact) mass is 314 g/mol. The van der Waals surface area contributed by atoms with Gasteiger partial charge in [0, 0.05) is 23.9 Å². The van der Waals surface area contributed by atoms with Crippen LogP contribution < -0.4 is 10.9 Å². The number of carbonyl (C=O) groups excluding carboxylic acids is 2. The second kappa shape index (κ2) is 7.40. The summed E-state index contributed by atoms with van der Waals surface area (Å²) in [6, 6.07) is 9.84. The van der Waals surface area contributed by atoms with Crippen molar-refractivity contribution in [2.24, 2.45) is 0 Å². The molecule has 1 aromatic carbocycles. The predicted octanol–water partition coefficient (Wildman–Crippen LogP) is 1.72. The molecule has 0 spiro atoms. The van der Waals surface area contributed by atoms with Gasteiger partial charge in [0.2, 0.25) is 5.56 Å². The SMILES string of the molecule is COC(=O)C[C@@H](C)NC(=O)c1ccc(-c2ccc(=O)[nH]c2)cc1. The highest BCUT2D eigenvalue weighted by Gasteiger charge is 2.13. The Labute approximate surface area is 133 Å². The summed E-state index contributed by atoms with van der Waals surface area (Å²) in [4.78, 5) is 36.9. The quantitative estimate of drug-likeness (QED) is 0.823. The van der Waals surface area contributed by atoms with Crippen LogP contribution in [-0.2, 0) is 9.53 Å². The van der Waals surface area contributed by atoms with E-state index in [2.05, 4.69) is 15.0 Å². The lowest BCUT2D eigenvalue weighted by Gasteiger charge is -2.12. The molecule has 1 atom stereocenters. The zero-order valence-corrected chi connectivity index (χ0v) is 13.0. The Hall–Kier alpha value is -2.89. The first-order valence-electron chi connectivity index (χ1n) is 7.16. The molecule has 6 nitrogen and oxygen atoms in total. The summed E-state index contributed by atoms with van der Waals surface area (Å²) >= 11 is 0. The number of methoxy groups -OCH3 is 1. The number of amides is 1. The standard InChI is InChI=1S/C17H18N2O4/c1-11(9-16(21)23-2)19-17(22)13-5-3-12(4-6-13)14-7-8-15(20)18-10-14/h3-8,10-11H,9H2,1-2H3,(H,18,20)(H,19,22)/t11-/m1/s1. The molecule has 6 heteroatoms. The average Bonchev–Trinajstić information content (AvgIpc) is 2.55. The van der Waals surface area contributed by atoms with Crippen LogP contribution in [-0.4, -0.2) is 30.0 Å². The van der Waals surface area contributed by atoms with Crippen molar-refractivity contribution in [2.45, 2.75) is 19.4 Å². The summed E-state index contributed by atoms with van der Waals surface area (Å²) in [5, 5.41) is 2.74. The van der Waals surface area contributed by atoms with E-state index in [1.165, 1.54) is 13.2 Å². The van der Waals surface area contributed by atoms with Crippen molar-refractivity contribution in [1.29, 1.82) is 0 Å². The first-order chi connectivity index (χ1) is 11.0. The van der Waals surface area contributed by atoms with E-state index in [1.807, 2.05) is 0 Å².